The van der Waals surface area contributed by atoms with E-state index in [0.29, 0.717) is 16.9 Å². The highest BCUT2D eigenvalue weighted by Crippen LogP contribution is 2.29. The van der Waals surface area contributed by atoms with Crippen LogP contribution < -0.4 is 9.47 Å². The lowest BCUT2D eigenvalue weighted by Gasteiger charge is -2.10. The van der Waals surface area contributed by atoms with Gasteiger partial charge < -0.3 is 9.47 Å². The molecule has 29 heavy (non-hydrogen) atoms. The standard InChI is InChI=1S/C23H16BrFO4/c1-28-22-14-15(2-12-20(26)16-4-8-18(24)9-5-16)3-13-21(22)29-23(27)17-6-10-19(25)11-7-17/h2-14H,1H3. The quantitative estimate of drug-likeness (QED) is 0.207. The van der Waals surface area contributed by atoms with Crippen LogP contribution in [0.5, 0.6) is 11.5 Å². The van der Waals surface area contributed by atoms with Crippen LogP contribution in [0.4, 0.5) is 4.39 Å². The fourth-order valence-electron chi connectivity index (χ4n) is 2.50. The molecule has 0 heterocycles. The van der Waals surface area contributed by atoms with Crippen molar-refractivity contribution in [1.82, 2.24) is 0 Å². The lowest BCUT2D eigenvalue weighted by Crippen LogP contribution is -2.09. The fourth-order valence-corrected chi connectivity index (χ4v) is 2.76. The van der Waals surface area contributed by atoms with Gasteiger partial charge in [0.25, 0.3) is 0 Å². The van der Waals surface area contributed by atoms with Gasteiger partial charge in [0, 0.05) is 10.0 Å². The number of allylic oxidation sites excluding steroid dienone is 1. The van der Waals surface area contributed by atoms with Crippen molar-refractivity contribution in [3.8, 4) is 11.5 Å². The molecule has 0 saturated heterocycles. The Morgan fingerprint density at radius 1 is 0.897 bits per heavy atom. The summed E-state index contributed by atoms with van der Waals surface area (Å²) in [5.41, 5.74) is 1.49. The molecule has 0 aromatic heterocycles. The maximum Gasteiger partial charge on any atom is 0.343 e. The summed E-state index contributed by atoms with van der Waals surface area (Å²) in [7, 11) is 1.45. The number of methoxy groups -OCH3 is 1. The van der Waals surface area contributed by atoms with Crippen LogP contribution >= 0.6 is 15.9 Å². The zero-order valence-electron chi connectivity index (χ0n) is 15.4. The smallest absolute Gasteiger partial charge is 0.343 e. The predicted octanol–water partition coefficient (Wildman–Crippen LogP) is 5.71. The minimum absolute atomic E-state index is 0.136. The molecule has 6 heteroatoms. The monoisotopic (exact) mass is 454 g/mol. The van der Waals surface area contributed by atoms with E-state index in [1.807, 2.05) is 0 Å². The first-order valence-electron chi connectivity index (χ1n) is 8.60. The van der Waals surface area contributed by atoms with Crippen LogP contribution in [-0.2, 0) is 0 Å². The number of carbonyl (C=O) groups excluding carboxylic acids is 2. The first-order valence-corrected chi connectivity index (χ1v) is 9.39. The molecule has 0 amide bonds. The third kappa shape index (κ3) is 5.39. The van der Waals surface area contributed by atoms with Gasteiger partial charge in [0.05, 0.1) is 12.7 Å². The number of hydrogen-bond donors (Lipinski definition) is 0. The molecule has 0 saturated carbocycles. The van der Waals surface area contributed by atoms with Crippen molar-refractivity contribution < 1.29 is 23.5 Å². The molecule has 0 aliphatic carbocycles. The molecule has 4 nitrogen and oxygen atoms in total. The van der Waals surface area contributed by atoms with Crippen molar-refractivity contribution in [2.75, 3.05) is 7.11 Å². The lowest BCUT2D eigenvalue weighted by atomic mass is 10.1. The molecule has 3 aromatic carbocycles. The number of ether oxygens (including phenoxy) is 2. The van der Waals surface area contributed by atoms with Gasteiger partial charge in [0.15, 0.2) is 17.3 Å². The van der Waals surface area contributed by atoms with Gasteiger partial charge >= 0.3 is 5.97 Å². The maximum atomic E-state index is 13.0. The predicted molar refractivity (Wildman–Crippen MR) is 112 cm³/mol. The van der Waals surface area contributed by atoms with Crippen molar-refractivity contribution >= 4 is 33.8 Å². The summed E-state index contributed by atoms with van der Waals surface area (Å²) in [4.78, 5) is 24.5. The van der Waals surface area contributed by atoms with Gasteiger partial charge in [-0.25, -0.2) is 9.18 Å². The van der Waals surface area contributed by atoms with E-state index in [9.17, 15) is 14.0 Å². The third-order valence-corrected chi connectivity index (χ3v) is 4.55. The van der Waals surface area contributed by atoms with Crippen molar-refractivity contribution in [3.63, 3.8) is 0 Å². The van der Waals surface area contributed by atoms with Crippen LogP contribution in [0.3, 0.4) is 0 Å². The zero-order valence-corrected chi connectivity index (χ0v) is 17.0. The topological polar surface area (TPSA) is 52.6 Å². The Balaban J connectivity index is 1.74. The molecule has 0 aliphatic rings. The van der Waals surface area contributed by atoms with Gasteiger partial charge in [-0.15, -0.1) is 0 Å². The van der Waals surface area contributed by atoms with Crippen molar-refractivity contribution in [2.45, 2.75) is 0 Å². The summed E-state index contributed by atoms with van der Waals surface area (Å²) in [6.07, 6.45) is 3.11. The Labute approximate surface area is 175 Å². The molecule has 0 radical (unpaired) electrons. The van der Waals surface area contributed by atoms with E-state index in [0.717, 1.165) is 4.47 Å². The lowest BCUT2D eigenvalue weighted by molar-refractivity contribution is 0.0729. The van der Waals surface area contributed by atoms with Gasteiger partial charge in [-0.2, -0.15) is 0 Å². The maximum absolute atomic E-state index is 13.0. The average molecular weight is 455 g/mol. The van der Waals surface area contributed by atoms with Gasteiger partial charge in [-0.3, -0.25) is 4.79 Å². The third-order valence-electron chi connectivity index (χ3n) is 4.03. The van der Waals surface area contributed by atoms with Crippen LogP contribution in [0.15, 0.2) is 77.3 Å². The number of carbonyl (C=O) groups is 2. The number of rotatable bonds is 6. The molecular formula is C23H16BrFO4. The molecule has 0 aliphatic heterocycles. The SMILES string of the molecule is COc1cc(C=CC(=O)c2ccc(Br)cc2)ccc1OC(=O)c1ccc(F)cc1. The van der Waals surface area contributed by atoms with E-state index in [4.69, 9.17) is 9.47 Å². The Morgan fingerprint density at radius 3 is 2.21 bits per heavy atom. The van der Waals surface area contributed by atoms with E-state index in [1.54, 1.807) is 48.5 Å². The van der Waals surface area contributed by atoms with E-state index < -0.39 is 11.8 Å². The van der Waals surface area contributed by atoms with Crippen LogP contribution in [0.25, 0.3) is 6.08 Å². The van der Waals surface area contributed by atoms with Crippen LogP contribution in [0.2, 0.25) is 0 Å². The van der Waals surface area contributed by atoms with Crippen LogP contribution in [-0.4, -0.2) is 18.9 Å². The Hall–Kier alpha value is -3.25. The number of ketones is 1. The number of hydrogen-bond acceptors (Lipinski definition) is 4. The molecule has 0 N–H and O–H groups in total. The number of esters is 1. The first-order chi connectivity index (χ1) is 14.0. The molecule has 0 bridgehead atoms. The fraction of sp³-hybridized carbons (Fsp3) is 0.0435. The summed E-state index contributed by atoms with van der Waals surface area (Å²) >= 11 is 3.33. The van der Waals surface area contributed by atoms with Crippen molar-refractivity contribution in [3.05, 3.63) is 99.8 Å². The van der Waals surface area contributed by atoms with Crippen LogP contribution in [0, 0.1) is 5.82 Å². The van der Waals surface area contributed by atoms with Gasteiger partial charge in [0.1, 0.15) is 5.82 Å². The Kier molecular flexibility index (Phi) is 6.57. The molecule has 0 atom stereocenters. The molecule has 0 spiro atoms. The van der Waals surface area contributed by atoms with E-state index in [2.05, 4.69) is 15.9 Å². The van der Waals surface area contributed by atoms with Crippen molar-refractivity contribution in [1.29, 1.82) is 0 Å². The zero-order chi connectivity index (χ0) is 20.8. The van der Waals surface area contributed by atoms with Crippen LogP contribution in [0.1, 0.15) is 26.3 Å². The highest BCUT2D eigenvalue weighted by atomic mass is 79.9. The largest absolute Gasteiger partial charge is 0.493 e. The summed E-state index contributed by atoms with van der Waals surface area (Å²) in [6, 6.07) is 17.0. The number of halogens is 2. The molecule has 0 fully saturated rings. The molecular weight excluding hydrogens is 439 g/mol. The summed E-state index contributed by atoms with van der Waals surface area (Å²) in [5.74, 6) is -0.648. The highest BCUT2D eigenvalue weighted by molar-refractivity contribution is 9.10. The molecule has 3 aromatic rings. The molecule has 3 rings (SSSR count). The van der Waals surface area contributed by atoms with Gasteiger partial charge in [-0.1, -0.05) is 28.1 Å². The highest BCUT2D eigenvalue weighted by Gasteiger charge is 2.13. The number of benzene rings is 3. The van der Waals surface area contributed by atoms with E-state index in [-0.39, 0.29) is 17.1 Å². The minimum Gasteiger partial charge on any atom is -0.493 e. The Bertz CT molecular complexity index is 1060. The van der Waals surface area contributed by atoms with Gasteiger partial charge in [-0.05, 0) is 72.3 Å². The normalized spacial score (nSPS) is 10.7. The first kappa shape index (κ1) is 20.5. The summed E-state index contributed by atoms with van der Waals surface area (Å²) < 4.78 is 24.5. The van der Waals surface area contributed by atoms with Gasteiger partial charge in [0.2, 0.25) is 0 Å². The van der Waals surface area contributed by atoms with E-state index in [1.165, 1.54) is 37.5 Å². The molecule has 146 valence electrons. The average Bonchev–Trinajstić information content (AvgIpc) is 2.73. The second kappa shape index (κ2) is 9.30. The summed E-state index contributed by atoms with van der Waals surface area (Å²) in [5, 5.41) is 0. The molecule has 0 unspecified atom stereocenters. The second-order valence-electron chi connectivity index (χ2n) is 6.01. The summed E-state index contributed by atoms with van der Waals surface area (Å²) in [6.45, 7) is 0. The van der Waals surface area contributed by atoms with E-state index >= 15 is 0 Å². The second-order valence-corrected chi connectivity index (χ2v) is 6.93. The van der Waals surface area contributed by atoms with Crippen molar-refractivity contribution in [2.24, 2.45) is 0 Å². The minimum atomic E-state index is -0.628. The Morgan fingerprint density at radius 2 is 1.55 bits per heavy atom.